The Morgan fingerprint density at radius 2 is 2.00 bits per heavy atom. The van der Waals surface area contributed by atoms with Gasteiger partial charge in [0.2, 0.25) is 0 Å². The Morgan fingerprint density at radius 3 is 2.67 bits per heavy atom. The van der Waals surface area contributed by atoms with Crippen LogP contribution in [0, 0.1) is 19.8 Å². The number of rotatable bonds is 2. The van der Waals surface area contributed by atoms with Gasteiger partial charge < -0.3 is 5.73 Å². The molecule has 1 aromatic rings. The molecule has 1 aliphatic rings. The largest absolute Gasteiger partial charge is 0.330 e. The Labute approximate surface area is 92.7 Å². The summed E-state index contributed by atoms with van der Waals surface area (Å²) in [5.74, 6) is 1.43. The number of hydrogen-bond acceptors (Lipinski definition) is 1. The molecule has 0 saturated heterocycles. The number of hydrogen-bond donors (Lipinski definition) is 1. The van der Waals surface area contributed by atoms with Gasteiger partial charge >= 0.3 is 0 Å². The van der Waals surface area contributed by atoms with Gasteiger partial charge in [0.25, 0.3) is 0 Å². The van der Waals surface area contributed by atoms with E-state index in [1.165, 1.54) is 36.0 Å². The van der Waals surface area contributed by atoms with Crippen LogP contribution in [0.2, 0.25) is 0 Å². The highest BCUT2D eigenvalue weighted by Gasteiger charge is 2.27. The minimum Gasteiger partial charge on any atom is -0.330 e. The lowest BCUT2D eigenvalue weighted by Crippen LogP contribution is -2.17. The Balaban J connectivity index is 2.25. The van der Waals surface area contributed by atoms with Crippen LogP contribution < -0.4 is 5.73 Å². The highest BCUT2D eigenvalue weighted by atomic mass is 14.6. The monoisotopic (exact) mass is 203 g/mol. The van der Waals surface area contributed by atoms with E-state index >= 15 is 0 Å². The molecule has 2 N–H and O–H groups in total. The van der Waals surface area contributed by atoms with Crippen molar-refractivity contribution in [1.29, 1.82) is 0 Å². The van der Waals surface area contributed by atoms with E-state index in [1.807, 2.05) is 0 Å². The summed E-state index contributed by atoms with van der Waals surface area (Å²) in [5.41, 5.74) is 10.1. The Hall–Kier alpha value is -0.820. The molecule has 0 aliphatic heterocycles. The molecule has 2 unspecified atom stereocenters. The lowest BCUT2D eigenvalue weighted by atomic mass is 9.87. The van der Waals surface area contributed by atoms with Crippen LogP contribution >= 0.6 is 0 Å². The molecule has 0 bridgehead atoms. The van der Waals surface area contributed by atoms with Gasteiger partial charge in [0.1, 0.15) is 0 Å². The van der Waals surface area contributed by atoms with Gasteiger partial charge in [0, 0.05) is 0 Å². The van der Waals surface area contributed by atoms with Gasteiger partial charge in [0.05, 0.1) is 0 Å². The molecule has 1 aliphatic carbocycles. The topological polar surface area (TPSA) is 26.0 Å². The van der Waals surface area contributed by atoms with Crippen LogP contribution in [0.5, 0.6) is 0 Å². The summed E-state index contributed by atoms with van der Waals surface area (Å²) in [6, 6.07) is 6.89. The van der Waals surface area contributed by atoms with Crippen LogP contribution in [-0.4, -0.2) is 6.54 Å². The van der Waals surface area contributed by atoms with Gasteiger partial charge in [0.15, 0.2) is 0 Å². The summed E-state index contributed by atoms with van der Waals surface area (Å²) in [7, 11) is 0. The second-order valence-corrected chi connectivity index (χ2v) is 4.88. The normalized spacial score (nSPS) is 25.8. The summed E-state index contributed by atoms with van der Waals surface area (Å²) in [6.45, 7) is 5.22. The van der Waals surface area contributed by atoms with E-state index in [-0.39, 0.29) is 0 Å². The third kappa shape index (κ3) is 2.07. The van der Waals surface area contributed by atoms with Gasteiger partial charge in [-0.25, -0.2) is 0 Å². The van der Waals surface area contributed by atoms with Crippen molar-refractivity contribution in [2.75, 3.05) is 6.54 Å². The molecule has 1 nitrogen and oxygen atoms in total. The molecule has 1 heteroatoms. The summed E-state index contributed by atoms with van der Waals surface area (Å²) in [6.07, 6.45) is 3.98. The molecular formula is C14H21N. The van der Waals surface area contributed by atoms with Gasteiger partial charge in [-0.1, -0.05) is 24.6 Å². The zero-order valence-corrected chi connectivity index (χ0v) is 9.79. The first kappa shape index (κ1) is 10.7. The maximum atomic E-state index is 5.83. The van der Waals surface area contributed by atoms with E-state index in [2.05, 4.69) is 32.0 Å². The molecular weight excluding hydrogens is 182 g/mol. The number of aryl methyl sites for hydroxylation is 2. The SMILES string of the molecule is Cc1ccc(C2CCCC2CN)cc1C. The molecule has 2 rings (SSSR count). The van der Waals surface area contributed by atoms with Crippen molar-refractivity contribution in [3.63, 3.8) is 0 Å². The van der Waals surface area contributed by atoms with Gasteiger partial charge in [-0.05, 0) is 61.8 Å². The van der Waals surface area contributed by atoms with Crippen LogP contribution in [0.25, 0.3) is 0 Å². The first-order chi connectivity index (χ1) is 7.22. The Bertz CT molecular complexity index is 343. The Kier molecular flexibility index (Phi) is 3.11. The van der Waals surface area contributed by atoms with Crippen molar-refractivity contribution >= 4 is 0 Å². The van der Waals surface area contributed by atoms with Gasteiger partial charge in [-0.2, -0.15) is 0 Å². The standard InChI is InChI=1S/C14H21N/c1-10-6-7-12(8-11(10)2)14-5-3-4-13(14)9-15/h6-8,13-14H,3-5,9,15H2,1-2H3. The highest BCUT2D eigenvalue weighted by Crippen LogP contribution is 2.39. The molecule has 0 amide bonds. The van der Waals surface area contributed by atoms with Crippen LogP contribution in [0.4, 0.5) is 0 Å². The van der Waals surface area contributed by atoms with Crippen molar-refractivity contribution in [2.45, 2.75) is 39.0 Å². The fourth-order valence-corrected chi connectivity index (χ4v) is 2.75. The molecule has 15 heavy (non-hydrogen) atoms. The van der Waals surface area contributed by atoms with Gasteiger partial charge in [-0.3, -0.25) is 0 Å². The van der Waals surface area contributed by atoms with Gasteiger partial charge in [-0.15, -0.1) is 0 Å². The van der Waals surface area contributed by atoms with Crippen LogP contribution in [0.3, 0.4) is 0 Å². The van der Waals surface area contributed by atoms with E-state index in [9.17, 15) is 0 Å². The minimum absolute atomic E-state index is 0.715. The van der Waals surface area contributed by atoms with Crippen LogP contribution in [0.1, 0.15) is 41.9 Å². The van der Waals surface area contributed by atoms with Crippen molar-refractivity contribution in [2.24, 2.45) is 11.7 Å². The Morgan fingerprint density at radius 1 is 1.20 bits per heavy atom. The first-order valence-electron chi connectivity index (χ1n) is 5.99. The molecule has 1 saturated carbocycles. The quantitative estimate of drug-likeness (QED) is 0.785. The van der Waals surface area contributed by atoms with Crippen molar-refractivity contribution in [1.82, 2.24) is 0 Å². The van der Waals surface area contributed by atoms with E-state index in [4.69, 9.17) is 5.73 Å². The molecule has 1 aromatic carbocycles. The predicted molar refractivity (Wildman–Crippen MR) is 65.1 cm³/mol. The highest BCUT2D eigenvalue weighted by molar-refractivity contribution is 5.32. The minimum atomic E-state index is 0.715. The van der Waals surface area contributed by atoms with Crippen molar-refractivity contribution in [3.8, 4) is 0 Å². The first-order valence-corrected chi connectivity index (χ1v) is 5.99. The summed E-state index contributed by atoms with van der Waals surface area (Å²) in [5, 5.41) is 0. The molecule has 82 valence electrons. The second kappa shape index (κ2) is 4.36. The summed E-state index contributed by atoms with van der Waals surface area (Å²) in [4.78, 5) is 0. The molecule has 0 aromatic heterocycles. The fourth-order valence-electron chi connectivity index (χ4n) is 2.75. The molecule has 0 spiro atoms. The zero-order valence-electron chi connectivity index (χ0n) is 9.79. The van der Waals surface area contributed by atoms with Crippen molar-refractivity contribution < 1.29 is 0 Å². The average Bonchev–Trinajstić information content (AvgIpc) is 2.70. The number of nitrogens with two attached hydrogens (primary N) is 1. The molecule has 1 fully saturated rings. The molecule has 2 atom stereocenters. The lowest BCUT2D eigenvalue weighted by Gasteiger charge is -2.19. The fraction of sp³-hybridized carbons (Fsp3) is 0.571. The molecule has 0 radical (unpaired) electrons. The zero-order chi connectivity index (χ0) is 10.8. The van der Waals surface area contributed by atoms with E-state index < -0.39 is 0 Å². The third-order valence-corrected chi connectivity index (χ3v) is 3.92. The third-order valence-electron chi connectivity index (χ3n) is 3.92. The lowest BCUT2D eigenvalue weighted by molar-refractivity contribution is 0.496. The smallest absolute Gasteiger partial charge is 0.00430 e. The van der Waals surface area contributed by atoms with E-state index in [0.29, 0.717) is 11.8 Å². The summed E-state index contributed by atoms with van der Waals surface area (Å²) < 4.78 is 0. The van der Waals surface area contributed by atoms with Crippen LogP contribution in [0.15, 0.2) is 18.2 Å². The summed E-state index contributed by atoms with van der Waals surface area (Å²) >= 11 is 0. The van der Waals surface area contributed by atoms with E-state index in [1.54, 1.807) is 0 Å². The second-order valence-electron chi connectivity index (χ2n) is 4.88. The maximum Gasteiger partial charge on any atom is -0.00430 e. The predicted octanol–water partition coefficient (Wildman–Crippen LogP) is 3.15. The number of benzene rings is 1. The molecule has 0 heterocycles. The average molecular weight is 203 g/mol. The van der Waals surface area contributed by atoms with Crippen molar-refractivity contribution in [3.05, 3.63) is 34.9 Å². The maximum absolute atomic E-state index is 5.83. The van der Waals surface area contributed by atoms with E-state index in [0.717, 1.165) is 6.54 Å². The van der Waals surface area contributed by atoms with Crippen LogP contribution in [-0.2, 0) is 0 Å².